The van der Waals surface area contributed by atoms with Crippen molar-refractivity contribution in [2.45, 2.75) is 19.9 Å². The molecule has 3 rings (SSSR count). The fourth-order valence-corrected chi connectivity index (χ4v) is 3.31. The van der Waals surface area contributed by atoms with Crippen LogP contribution in [0.3, 0.4) is 0 Å². The van der Waals surface area contributed by atoms with Gasteiger partial charge in [0.15, 0.2) is 0 Å². The molecule has 0 saturated heterocycles. The van der Waals surface area contributed by atoms with Crippen molar-refractivity contribution < 1.29 is 9.53 Å². The summed E-state index contributed by atoms with van der Waals surface area (Å²) in [4.78, 5) is 21.6. The molecule has 0 aliphatic carbocycles. The van der Waals surface area contributed by atoms with Crippen molar-refractivity contribution in [1.82, 2.24) is 9.97 Å². The van der Waals surface area contributed by atoms with E-state index in [9.17, 15) is 4.79 Å². The first-order chi connectivity index (χ1) is 11.6. The van der Waals surface area contributed by atoms with Crippen molar-refractivity contribution in [3.05, 3.63) is 46.8 Å². The fourth-order valence-electron chi connectivity index (χ4n) is 2.38. The van der Waals surface area contributed by atoms with Gasteiger partial charge in [-0.25, -0.2) is 9.78 Å². The van der Waals surface area contributed by atoms with Crippen molar-refractivity contribution >= 4 is 39.3 Å². The van der Waals surface area contributed by atoms with Crippen LogP contribution in [0.15, 0.2) is 36.4 Å². The number of anilines is 2. The van der Waals surface area contributed by atoms with Crippen molar-refractivity contribution in [2.24, 2.45) is 0 Å². The van der Waals surface area contributed by atoms with Crippen molar-refractivity contribution in [1.29, 1.82) is 0 Å². The van der Waals surface area contributed by atoms with Gasteiger partial charge in [-0.1, -0.05) is 30.3 Å². The molecule has 6 nitrogen and oxygen atoms in total. The van der Waals surface area contributed by atoms with Crippen LogP contribution in [-0.4, -0.2) is 22.5 Å². The van der Waals surface area contributed by atoms with E-state index in [4.69, 9.17) is 10.5 Å². The van der Waals surface area contributed by atoms with Crippen LogP contribution in [0.1, 0.15) is 35.1 Å². The van der Waals surface area contributed by atoms with E-state index in [2.05, 4.69) is 15.3 Å². The minimum atomic E-state index is -0.360. The van der Waals surface area contributed by atoms with Crippen LogP contribution in [-0.2, 0) is 4.74 Å². The molecule has 0 aliphatic rings. The second kappa shape index (κ2) is 6.84. The predicted octanol–water partition coefficient (Wildman–Crippen LogP) is 3.62. The summed E-state index contributed by atoms with van der Waals surface area (Å²) in [5.74, 6) is 0.421. The number of rotatable bonds is 5. The molecule has 0 amide bonds. The number of esters is 1. The zero-order chi connectivity index (χ0) is 17.1. The number of ether oxygens (including phenoxy) is 1. The lowest BCUT2D eigenvalue weighted by atomic mass is 10.1. The largest absolute Gasteiger partial charge is 0.462 e. The Kier molecular flexibility index (Phi) is 4.61. The van der Waals surface area contributed by atoms with Crippen molar-refractivity contribution in [3.63, 3.8) is 0 Å². The molecule has 24 heavy (non-hydrogen) atoms. The molecule has 0 bridgehead atoms. The number of hydrogen-bond donors (Lipinski definition) is 2. The van der Waals surface area contributed by atoms with E-state index in [-0.39, 0.29) is 18.0 Å². The van der Waals surface area contributed by atoms with Gasteiger partial charge in [0.2, 0.25) is 5.95 Å². The number of nitrogens with one attached hydrogen (secondary N) is 1. The van der Waals surface area contributed by atoms with E-state index < -0.39 is 0 Å². The van der Waals surface area contributed by atoms with Crippen LogP contribution in [0, 0.1) is 0 Å². The Labute approximate surface area is 143 Å². The molecule has 124 valence electrons. The van der Waals surface area contributed by atoms with Crippen LogP contribution in [0.2, 0.25) is 0 Å². The Morgan fingerprint density at radius 2 is 2.08 bits per heavy atom. The molecule has 7 heteroatoms. The lowest BCUT2D eigenvalue weighted by molar-refractivity contribution is 0.0532. The first-order valence-electron chi connectivity index (χ1n) is 7.64. The molecule has 1 unspecified atom stereocenters. The number of carbonyl (C=O) groups excluding carboxylic acids is 1. The molecular weight excluding hydrogens is 324 g/mol. The number of nitrogen functional groups attached to an aromatic ring is 1. The summed E-state index contributed by atoms with van der Waals surface area (Å²) in [6.07, 6.45) is 0. The summed E-state index contributed by atoms with van der Waals surface area (Å²) < 4.78 is 5.05. The summed E-state index contributed by atoms with van der Waals surface area (Å²) in [7, 11) is 0. The van der Waals surface area contributed by atoms with E-state index in [1.165, 1.54) is 11.3 Å². The summed E-state index contributed by atoms with van der Waals surface area (Å²) in [5, 5.41) is 4.11. The molecule has 0 spiro atoms. The molecule has 2 aromatic heterocycles. The number of fused-ring (bicyclic) bond motifs is 1. The molecule has 0 radical (unpaired) electrons. The summed E-state index contributed by atoms with van der Waals surface area (Å²) in [6.45, 7) is 4.15. The Hall–Kier alpha value is -2.67. The van der Waals surface area contributed by atoms with Gasteiger partial charge in [0.25, 0.3) is 0 Å². The molecule has 1 atom stereocenters. The van der Waals surface area contributed by atoms with Crippen LogP contribution in [0.4, 0.5) is 11.8 Å². The van der Waals surface area contributed by atoms with E-state index in [1.54, 1.807) is 13.0 Å². The van der Waals surface area contributed by atoms with Gasteiger partial charge in [-0.3, -0.25) is 0 Å². The third-order valence-corrected chi connectivity index (χ3v) is 4.55. The van der Waals surface area contributed by atoms with Gasteiger partial charge in [0, 0.05) is 6.04 Å². The van der Waals surface area contributed by atoms with Gasteiger partial charge >= 0.3 is 5.97 Å². The highest BCUT2D eigenvalue weighted by atomic mass is 32.1. The topological polar surface area (TPSA) is 90.1 Å². The molecule has 3 N–H and O–H groups in total. The standard InChI is InChI=1S/C17H18N4O2S/c1-3-23-16(22)13-9-12-14(20-17(18)21-15(12)24-13)19-10(2)11-7-5-4-6-8-11/h4-10H,3H2,1-2H3,(H3,18,19,20,21). The normalized spacial score (nSPS) is 12.1. The van der Waals surface area contributed by atoms with Gasteiger partial charge in [-0.15, -0.1) is 11.3 Å². The predicted molar refractivity (Wildman–Crippen MR) is 96.3 cm³/mol. The number of carbonyl (C=O) groups is 1. The SMILES string of the molecule is CCOC(=O)c1cc2c(NC(C)c3ccccc3)nc(N)nc2s1. The highest BCUT2D eigenvalue weighted by Crippen LogP contribution is 2.31. The van der Waals surface area contributed by atoms with Crippen molar-refractivity contribution in [2.75, 3.05) is 17.7 Å². The minimum absolute atomic E-state index is 0.0367. The average Bonchev–Trinajstić information content (AvgIpc) is 3.00. The first kappa shape index (κ1) is 16.2. The molecule has 2 heterocycles. The third-order valence-electron chi connectivity index (χ3n) is 3.54. The summed E-state index contributed by atoms with van der Waals surface area (Å²) in [6, 6.07) is 11.8. The molecule has 3 aromatic rings. The van der Waals surface area contributed by atoms with E-state index in [0.29, 0.717) is 22.1 Å². The lowest BCUT2D eigenvalue weighted by Crippen LogP contribution is -2.09. The monoisotopic (exact) mass is 342 g/mol. The van der Waals surface area contributed by atoms with E-state index in [1.807, 2.05) is 37.3 Å². The zero-order valence-corrected chi connectivity index (χ0v) is 14.3. The molecule has 0 aliphatic heterocycles. The average molecular weight is 342 g/mol. The highest BCUT2D eigenvalue weighted by molar-refractivity contribution is 7.20. The maximum Gasteiger partial charge on any atom is 0.348 e. The smallest absolute Gasteiger partial charge is 0.348 e. The maximum absolute atomic E-state index is 11.9. The number of nitrogens with two attached hydrogens (primary N) is 1. The van der Waals surface area contributed by atoms with Gasteiger partial charge in [-0.05, 0) is 25.5 Å². The first-order valence-corrected chi connectivity index (χ1v) is 8.45. The molecular formula is C17H18N4O2S. The van der Waals surface area contributed by atoms with Crippen LogP contribution in [0.5, 0.6) is 0 Å². The van der Waals surface area contributed by atoms with Gasteiger partial charge in [-0.2, -0.15) is 4.98 Å². The van der Waals surface area contributed by atoms with E-state index in [0.717, 1.165) is 10.9 Å². The summed E-state index contributed by atoms with van der Waals surface area (Å²) >= 11 is 1.25. The molecule has 0 saturated carbocycles. The fraction of sp³-hybridized carbons (Fsp3) is 0.235. The van der Waals surface area contributed by atoms with Crippen molar-refractivity contribution in [3.8, 4) is 0 Å². The quantitative estimate of drug-likeness (QED) is 0.688. The number of benzene rings is 1. The van der Waals surface area contributed by atoms with E-state index >= 15 is 0 Å². The lowest BCUT2D eigenvalue weighted by Gasteiger charge is -2.15. The Morgan fingerprint density at radius 3 is 2.79 bits per heavy atom. The molecule has 1 aromatic carbocycles. The Balaban J connectivity index is 1.96. The second-order valence-electron chi connectivity index (χ2n) is 5.26. The zero-order valence-electron chi connectivity index (χ0n) is 13.4. The third kappa shape index (κ3) is 3.30. The van der Waals surface area contributed by atoms with Crippen LogP contribution < -0.4 is 11.1 Å². The Morgan fingerprint density at radius 1 is 1.33 bits per heavy atom. The van der Waals surface area contributed by atoms with Crippen LogP contribution in [0.25, 0.3) is 10.2 Å². The van der Waals surface area contributed by atoms with Gasteiger partial charge < -0.3 is 15.8 Å². The summed E-state index contributed by atoms with van der Waals surface area (Å²) in [5.41, 5.74) is 6.94. The Bertz CT molecular complexity index is 864. The second-order valence-corrected chi connectivity index (χ2v) is 6.29. The molecule has 0 fully saturated rings. The highest BCUT2D eigenvalue weighted by Gasteiger charge is 2.17. The number of aromatic nitrogens is 2. The maximum atomic E-state index is 11.9. The van der Waals surface area contributed by atoms with Crippen LogP contribution >= 0.6 is 11.3 Å². The number of thiophene rings is 1. The minimum Gasteiger partial charge on any atom is -0.462 e. The van der Waals surface area contributed by atoms with Gasteiger partial charge in [0.1, 0.15) is 15.5 Å². The number of hydrogen-bond acceptors (Lipinski definition) is 7. The number of nitrogens with zero attached hydrogens (tertiary/aromatic N) is 2. The van der Waals surface area contributed by atoms with Gasteiger partial charge in [0.05, 0.1) is 12.0 Å².